The highest BCUT2D eigenvalue weighted by atomic mass is 16.5. The van der Waals surface area contributed by atoms with Crippen molar-refractivity contribution in [1.29, 1.82) is 0 Å². The number of unbranched alkanes of at least 4 members (excludes halogenated alkanes) is 1. The topological polar surface area (TPSA) is 54.7 Å². The van der Waals surface area contributed by atoms with Gasteiger partial charge in [0.15, 0.2) is 5.76 Å². The summed E-state index contributed by atoms with van der Waals surface area (Å²) in [7, 11) is 5.69. The fourth-order valence-electron chi connectivity index (χ4n) is 2.09. The highest BCUT2D eigenvalue weighted by Gasteiger charge is 2.12. The van der Waals surface area contributed by atoms with E-state index in [1.807, 2.05) is 26.2 Å². The lowest BCUT2D eigenvalue weighted by Gasteiger charge is -2.08. The molecule has 0 aliphatic heterocycles. The average Bonchev–Trinajstić information content (AvgIpc) is 2.89. The van der Waals surface area contributed by atoms with Crippen LogP contribution in [0.15, 0.2) is 28.7 Å². The Labute approximate surface area is 124 Å². The smallest absolute Gasteiger partial charge is 0.287 e. The normalized spacial score (nSPS) is 11.0. The largest absolute Gasteiger partial charge is 0.497 e. The Balaban J connectivity index is 1.90. The van der Waals surface area contributed by atoms with E-state index in [0.717, 1.165) is 24.8 Å². The number of hydrogen-bond donors (Lipinski definition) is 1. The highest BCUT2D eigenvalue weighted by Crippen LogP contribution is 2.24. The van der Waals surface area contributed by atoms with Crippen LogP contribution < -0.4 is 10.1 Å². The van der Waals surface area contributed by atoms with E-state index in [1.54, 1.807) is 19.2 Å². The van der Waals surface area contributed by atoms with Crippen molar-refractivity contribution in [3.63, 3.8) is 0 Å². The molecular formula is C16H22N2O3. The van der Waals surface area contributed by atoms with Gasteiger partial charge in [-0.1, -0.05) is 0 Å². The molecule has 0 radical (unpaired) electrons. The number of fused-ring (bicyclic) bond motifs is 1. The Morgan fingerprint density at radius 1 is 1.29 bits per heavy atom. The van der Waals surface area contributed by atoms with E-state index in [9.17, 15) is 4.79 Å². The molecule has 1 N–H and O–H groups in total. The van der Waals surface area contributed by atoms with Crippen molar-refractivity contribution in [3.8, 4) is 5.75 Å². The first kappa shape index (κ1) is 15.4. The van der Waals surface area contributed by atoms with Gasteiger partial charge >= 0.3 is 0 Å². The predicted molar refractivity (Wildman–Crippen MR) is 82.9 cm³/mol. The van der Waals surface area contributed by atoms with Gasteiger partial charge in [0.05, 0.1) is 7.11 Å². The number of amides is 1. The number of nitrogens with one attached hydrogen (secondary N) is 1. The quantitative estimate of drug-likeness (QED) is 0.796. The molecule has 114 valence electrons. The monoisotopic (exact) mass is 290 g/mol. The zero-order valence-corrected chi connectivity index (χ0v) is 12.8. The van der Waals surface area contributed by atoms with Crippen molar-refractivity contribution in [2.24, 2.45) is 0 Å². The van der Waals surface area contributed by atoms with Crippen molar-refractivity contribution in [2.75, 3.05) is 34.3 Å². The van der Waals surface area contributed by atoms with Crippen molar-refractivity contribution in [2.45, 2.75) is 12.8 Å². The fourth-order valence-corrected chi connectivity index (χ4v) is 2.09. The molecule has 1 heterocycles. The maximum atomic E-state index is 12.0. The molecule has 0 fully saturated rings. The maximum Gasteiger partial charge on any atom is 0.287 e. The number of carbonyl (C=O) groups excluding carboxylic acids is 1. The Kier molecular flexibility index (Phi) is 5.22. The van der Waals surface area contributed by atoms with Crippen LogP contribution in [0.5, 0.6) is 5.75 Å². The van der Waals surface area contributed by atoms with E-state index in [2.05, 4.69) is 10.2 Å². The Morgan fingerprint density at radius 3 is 2.81 bits per heavy atom. The summed E-state index contributed by atoms with van der Waals surface area (Å²) in [5.74, 6) is 0.883. The molecule has 0 aliphatic rings. The molecule has 5 nitrogen and oxygen atoms in total. The third-order valence-electron chi connectivity index (χ3n) is 3.27. The SMILES string of the molecule is COc1ccc2cc(C(=O)NCCCCN(C)C)oc2c1. The van der Waals surface area contributed by atoms with Gasteiger partial charge in [0.25, 0.3) is 5.91 Å². The number of carbonyl (C=O) groups is 1. The minimum absolute atomic E-state index is 0.171. The summed E-state index contributed by atoms with van der Waals surface area (Å²) in [5.41, 5.74) is 0.659. The zero-order chi connectivity index (χ0) is 15.2. The van der Waals surface area contributed by atoms with E-state index in [0.29, 0.717) is 23.6 Å². The fraction of sp³-hybridized carbons (Fsp3) is 0.438. The standard InChI is InChI=1S/C16H22N2O3/c1-18(2)9-5-4-8-17-16(19)15-10-12-6-7-13(20-3)11-14(12)21-15/h6-7,10-11H,4-5,8-9H2,1-3H3,(H,17,19). The molecule has 1 aromatic heterocycles. The molecule has 0 bridgehead atoms. The van der Waals surface area contributed by atoms with Gasteiger partial charge in [-0.3, -0.25) is 4.79 Å². The molecule has 0 atom stereocenters. The van der Waals surface area contributed by atoms with Gasteiger partial charge in [0.1, 0.15) is 11.3 Å². The minimum Gasteiger partial charge on any atom is -0.497 e. The minimum atomic E-state index is -0.171. The first-order valence-electron chi connectivity index (χ1n) is 7.10. The number of furan rings is 1. The average molecular weight is 290 g/mol. The van der Waals surface area contributed by atoms with Gasteiger partial charge in [-0.15, -0.1) is 0 Å². The molecule has 1 amide bonds. The van der Waals surface area contributed by atoms with E-state index in [4.69, 9.17) is 9.15 Å². The molecule has 1 aromatic carbocycles. The molecule has 21 heavy (non-hydrogen) atoms. The number of methoxy groups -OCH3 is 1. The Bertz CT molecular complexity index is 605. The summed E-state index contributed by atoms with van der Waals surface area (Å²) in [6.45, 7) is 1.69. The number of hydrogen-bond acceptors (Lipinski definition) is 4. The van der Waals surface area contributed by atoms with Crippen LogP contribution in [0.4, 0.5) is 0 Å². The third-order valence-corrected chi connectivity index (χ3v) is 3.27. The summed E-state index contributed by atoms with van der Waals surface area (Å²) in [6.07, 6.45) is 2.02. The summed E-state index contributed by atoms with van der Waals surface area (Å²) >= 11 is 0. The Hall–Kier alpha value is -2.01. The molecule has 5 heteroatoms. The first-order valence-corrected chi connectivity index (χ1v) is 7.10. The van der Waals surface area contributed by atoms with Gasteiger partial charge in [-0.05, 0) is 51.7 Å². The Morgan fingerprint density at radius 2 is 2.10 bits per heavy atom. The second kappa shape index (κ2) is 7.13. The van der Waals surface area contributed by atoms with Crippen LogP contribution in [0.2, 0.25) is 0 Å². The van der Waals surface area contributed by atoms with E-state index in [-0.39, 0.29) is 5.91 Å². The molecule has 0 saturated carbocycles. The van der Waals surface area contributed by atoms with Crippen LogP contribution in [-0.2, 0) is 0 Å². The summed E-state index contributed by atoms with van der Waals surface area (Å²) in [6, 6.07) is 7.26. The molecular weight excluding hydrogens is 268 g/mol. The van der Waals surface area contributed by atoms with Crippen molar-refractivity contribution in [3.05, 3.63) is 30.0 Å². The van der Waals surface area contributed by atoms with Crippen LogP contribution in [-0.4, -0.2) is 45.1 Å². The maximum absolute atomic E-state index is 12.0. The lowest BCUT2D eigenvalue weighted by Crippen LogP contribution is -2.24. The van der Waals surface area contributed by atoms with E-state index in [1.165, 1.54) is 0 Å². The van der Waals surface area contributed by atoms with Gasteiger partial charge < -0.3 is 19.4 Å². The van der Waals surface area contributed by atoms with Gasteiger partial charge in [0, 0.05) is 18.0 Å². The van der Waals surface area contributed by atoms with E-state index >= 15 is 0 Å². The van der Waals surface area contributed by atoms with Crippen molar-refractivity contribution < 1.29 is 13.9 Å². The summed E-state index contributed by atoms with van der Waals surface area (Å²) < 4.78 is 10.7. The lowest BCUT2D eigenvalue weighted by molar-refractivity contribution is 0.0927. The molecule has 0 aliphatic carbocycles. The van der Waals surface area contributed by atoms with Crippen LogP contribution in [0.3, 0.4) is 0 Å². The lowest BCUT2D eigenvalue weighted by atomic mass is 10.2. The number of rotatable bonds is 7. The second-order valence-electron chi connectivity index (χ2n) is 5.28. The summed E-state index contributed by atoms with van der Waals surface area (Å²) in [4.78, 5) is 14.2. The first-order chi connectivity index (χ1) is 10.1. The van der Waals surface area contributed by atoms with Crippen LogP contribution in [0.25, 0.3) is 11.0 Å². The predicted octanol–water partition coefficient (Wildman–Crippen LogP) is 2.51. The third kappa shape index (κ3) is 4.23. The van der Waals surface area contributed by atoms with Gasteiger partial charge in [0.2, 0.25) is 0 Å². The molecule has 0 saturated heterocycles. The number of nitrogens with zero attached hydrogens (tertiary/aromatic N) is 1. The van der Waals surface area contributed by atoms with Crippen LogP contribution in [0, 0.1) is 0 Å². The highest BCUT2D eigenvalue weighted by molar-refractivity contribution is 5.96. The molecule has 0 unspecified atom stereocenters. The van der Waals surface area contributed by atoms with Crippen LogP contribution >= 0.6 is 0 Å². The van der Waals surface area contributed by atoms with E-state index < -0.39 is 0 Å². The van der Waals surface area contributed by atoms with Crippen molar-refractivity contribution in [1.82, 2.24) is 10.2 Å². The van der Waals surface area contributed by atoms with Gasteiger partial charge in [-0.2, -0.15) is 0 Å². The summed E-state index contributed by atoms with van der Waals surface area (Å²) in [5, 5.41) is 3.78. The number of benzene rings is 1. The molecule has 2 aromatic rings. The van der Waals surface area contributed by atoms with Crippen LogP contribution in [0.1, 0.15) is 23.4 Å². The van der Waals surface area contributed by atoms with Gasteiger partial charge in [-0.25, -0.2) is 0 Å². The second-order valence-corrected chi connectivity index (χ2v) is 5.28. The molecule has 0 spiro atoms. The zero-order valence-electron chi connectivity index (χ0n) is 12.8. The van der Waals surface area contributed by atoms with Crippen molar-refractivity contribution >= 4 is 16.9 Å². The number of ether oxygens (including phenoxy) is 1. The molecule has 2 rings (SSSR count).